The largest absolute Gasteiger partial charge is 0.376 e. The average molecular weight is 398 g/mol. The van der Waals surface area contributed by atoms with Crippen molar-refractivity contribution in [2.45, 2.75) is 64.0 Å². The lowest BCUT2D eigenvalue weighted by Crippen LogP contribution is -2.46. The van der Waals surface area contributed by atoms with Gasteiger partial charge in [-0.2, -0.15) is 0 Å². The monoisotopic (exact) mass is 397 g/mol. The van der Waals surface area contributed by atoms with Crippen LogP contribution in [0.3, 0.4) is 0 Å². The molecule has 0 aliphatic carbocycles. The number of halogens is 1. The number of benzene rings is 2. The maximum absolute atomic E-state index is 14.2. The summed E-state index contributed by atoms with van der Waals surface area (Å²) in [5, 5.41) is 0. The van der Waals surface area contributed by atoms with Gasteiger partial charge in [-0.1, -0.05) is 55.5 Å². The first-order chi connectivity index (χ1) is 13.9. The fourth-order valence-electron chi connectivity index (χ4n) is 4.57. The van der Waals surface area contributed by atoms with E-state index >= 15 is 0 Å². The first-order valence-corrected chi connectivity index (χ1v) is 10.6. The summed E-state index contributed by atoms with van der Waals surface area (Å²) in [5.74, 6) is -0.200. The molecule has 1 aliphatic heterocycles. The van der Waals surface area contributed by atoms with E-state index in [4.69, 9.17) is 4.74 Å². The quantitative estimate of drug-likeness (QED) is 0.619. The van der Waals surface area contributed by atoms with E-state index in [1.807, 2.05) is 24.0 Å². The second-order valence-electron chi connectivity index (χ2n) is 8.69. The van der Waals surface area contributed by atoms with E-state index in [1.54, 1.807) is 12.1 Å². The predicted molar refractivity (Wildman–Crippen MR) is 114 cm³/mol. The minimum Gasteiger partial charge on any atom is -0.376 e. The normalized spacial score (nSPS) is 21.0. The zero-order valence-corrected chi connectivity index (χ0v) is 17.8. The van der Waals surface area contributed by atoms with E-state index < -0.39 is 0 Å². The molecule has 1 amide bonds. The molecule has 0 radical (unpaired) electrons. The van der Waals surface area contributed by atoms with Gasteiger partial charge in [-0.3, -0.25) is 4.79 Å². The third-order valence-corrected chi connectivity index (χ3v) is 6.06. The van der Waals surface area contributed by atoms with Gasteiger partial charge in [0.1, 0.15) is 5.82 Å². The summed E-state index contributed by atoms with van der Waals surface area (Å²) in [4.78, 5) is 14.5. The van der Waals surface area contributed by atoms with Crippen molar-refractivity contribution in [3.8, 4) is 0 Å². The van der Waals surface area contributed by atoms with Crippen LogP contribution in [0.25, 0.3) is 0 Å². The van der Waals surface area contributed by atoms with E-state index in [1.165, 1.54) is 11.6 Å². The molecule has 2 aromatic rings. The summed E-state index contributed by atoms with van der Waals surface area (Å²) in [6.45, 7) is 7.75. The SMILES string of the molecule is CCC(=O)N(CC[C@]1(c2ccccc2)CCOC(C)(C)C1)Cc1ccccc1F. The summed E-state index contributed by atoms with van der Waals surface area (Å²) in [6.07, 6.45) is 3.08. The molecule has 0 spiro atoms. The molecule has 2 aromatic carbocycles. The van der Waals surface area contributed by atoms with Gasteiger partial charge in [-0.15, -0.1) is 0 Å². The predicted octanol–water partition coefficient (Wildman–Crippen LogP) is 5.48. The molecule has 3 rings (SSSR count). The molecular formula is C25H32FNO2. The first kappa shape index (κ1) is 21.5. The Morgan fingerprint density at radius 3 is 2.45 bits per heavy atom. The van der Waals surface area contributed by atoms with Crippen molar-refractivity contribution in [1.29, 1.82) is 0 Å². The van der Waals surface area contributed by atoms with Gasteiger partial charge in [0.2, 0.25) is 5.91 Å². The number of hydrogen-bond acceptors (Lipinski definition) is 2. The number of hydrogen-bond donors (Lipinski definition) is 0. The Balaban J connectivity index is 1.84. The Bertz CT molecular complexity index is 821. The average Bonchev–Trinajstić information content (AvgIpc) is 2.72. The van der Waals surface area contributed by atoms with Crippen molar-refractivity contribution in [3.63, 3.8) is 0 Å². The molecule has 0 saturated carbocycles. The molecule has 1 atom stereocenters. The summed E-state index contributed by atoms with van der Waals surface area (Å²) in [5.41, 5.74) is 1.60. The Morgan fingerprint density at radius 2 is 1.79 bits per heavy atom. The first-order valence-electron chi connectivity index (χ1n) is 10.6. The summed E-state index contributed by atoms with van der Waals surface area (Å²) < 4.78 is 20.2. The molecular weight excluding hydrogens is 365 g/mol. The fourth-order valence-corrected chi connectivity index (χ4v) is 4.57. The number of carbonyl (C=O) groups excluding carboxylic acids is 1. The van der Waals surface area contributed by atoms with Crippen LogP contribution in [0.2, 0.25) is 0 Å². The highest BCUT2D eigenvalue weighted by Crippen LogP contribution is 2.44. The van der Waals surface area contributed by atoms with Gasteiger partial charge in [-0.25, -0.2) is 4.39 Å². The molecule has 1 fully saturated rings. The molecule has 3 nitrogen and oxygen atoms in total. The van der Waals surface area contributed by atoms with E-state index in [9.17, 15) is 9.18 Å². The summed E-state index contributed by atoms with van der Waals surface area (Å²) >= 11 is 0. The molecule has 0 N–H and O–H groups in total. The van der Waals surface area contributed by atoms with Gasteiger partial charge in [0.25, 0.3) is 0 Å². The van der Waals surface area contributed by atoms with Crippen LogP contribution in [0.4, 0.5) is 4.39 Å². The lowest BCUT2D eigenvalue weighted by Gasteiger charge is -2.46. The number of amides is 1. The van der Waals surface area contributed by atoms with Gasteiger partial charge in [0, 0.05) is 37.1 Å². The molecule has 1 heterocycles. The van der Waals surface area contributed by atoms with Crippen LogP contribution < -0.4 is 0 Å². The standard InChI is InChI=1S/C25H32FNO2/c1-4-23(28)27(18-20-10-8-9-13-22(20)26)16-14-25(21-11-6-5-7-12-21)15-17-29-24(2,3)19-25/h5-13H,4,14-19H2,1-3H3/t25-/m0/s1. The molecule has 1 aliphatic rings. The van der Waals surface area contributed by atoms with Crippen molar-refractivity contribution < 1.29 is 13.9 Å². The second-order valence-corrected chi connectivity index (χ2v) is 8.69. The van der Waals surface area contributed by atoms with Crippen LogP contribution in [0.1, 0.15) is 57.6 Å². The van der Waals surface area contributed by atoms with E-state index in [0.29, 0.717) is 31.7 Å². The summed E-state index contributed by atoms with van der Waals surface area (Å²) in [6, 6.07) is 17.3. The lowest BCUT2D eigenvalue weighted by molar-refractivity contribution is -0.132. The van der Waals surface area contributed by atoms with Gasteiger partial charge in [0.15, 0.2) is 0 Å². The van der Waals surface area contributed by atoms with Crippen LogP contribution in [-0.2, 0) is 21.5 Å². The van der Waals surface area contributed by atoms with Crippen molar-refractivity contribution >= 4 is 5.91 Å². The van der Waals surface area contributed by atoms with Crippen molar-refractivity contribution in [1.82, 2.24) is 4.90 Å². The number of rotatable bonds is 7. The molecule has 1 saturated heterocycles. The summed E-state index contributed by atoms with van der Waals surface area (Å²) in [7, 11) is 0. The van der Waals surface area contributed by atoms with Crippen LogP contribution in [0.5, 0.6) is 0 Å². The van der Waals surface area contributed by atoms with Gasteiger partial charge in [-0.05, 0) is 44.7 Å². The van der Waals surface area contributed by atoms with Crippen molar-refractivity contribution in [2.24, 2.45) is 0 Å². The maximum atomic E-state index is 14.2. The van der Waals surface area contributed by atoms with Gasteiger partial charge in [0.05, 0.1) is 5.60 Å². The molecule has 4 heteroatoms. The molecule has 0 bridgehead atoms. The highest BCUT2D eigenvalue weighted by Gasteiger charge is 2.42. The van der Waals surface area contributed by atoms with E-state index in [2.05, 4.69) is 38.1 Å². The number of ether oxygens (including phenoxy) is 1. The van der Waals surface area contributed by atoms with Crippen LogP contribution >= 0.6 is 0 Å². The Labute approximate surface area is 173 Å². The van der Waals surface area contributed by atoms with Gasteiger partial charge < -0.3 is 9.64 Å². The van der Waals surface area contributed by atoms with Crippen LogP contribution in [0, 0.1) is 5.82 Å². The Hall–Kier alpha value is -2.20. The third-order valence-electron chi connectivity index (χ3n) is 6.06. The van der Waals surface area contributed by atoms with E-state index in [0.717, 1.165) is 19.3 Å². The van der Waals surface area contributed by atoms with E-state index in [-0.39, 0.29) is 22.7 Å². The fraction of sp³-hybridized carbons (Fsp3) is 0.480. The van der Waals surface area contributed by atoms with Crippen LogP contribution in [0.15, 0.2) is 54.6 Å². The zero-order valence-electron chi connectivity index (χ0n) is 17.8. The Morgan fingerprint density at radius 1 is 1.10 bits per heavy atom. The topological polar surface area (TPSA) is 29.5 Å². The number of carbonyl (C=O) groups is 1. The Kier molecular flexibility index (Phi) is 6.74. The van der Waals surface area contributed by atoms with Gasteiger partial charge >= 0.3 is 0 Å². The molecule has 156 valence electrons. The minimum atomic E-state index is -0.258. The second kappa shape index (κ2) is 9.08. The van der Waals surface area contributed by atoms with Crippen molar-refractivity contribution in [3.05, 3.63) is 71.5 Å². The maximum Gasteiger partial charge on any atom is 0.222 e. The van der Waals surface area contributed by atoms with Crippen LogP contribution in [-0.4, -0.2) is 29.6 Å². The molecule has 29 heavy (non-hydrogen) atoms. The number of nitrogens with zero attached hydrogens (tertiary/aromatic N) is 1. The molecule has 0 unspecified atom stereocenters. The molecule has 0 aromatic heterocycles. The third kappa shape index (κ3) is 5.24. The smallest absolute Gasteiger partial charge is 0.222 e. The zero-order chi connectivity index (χ0) is 20.9. The highest BCUT2D eigenvalue weighted by molar-refractivity contribution is 5.75. The van der Waals surface area contributed by atoms with Crippen molar-refractivity contribution in [2.75, 3.05) is 13.2 Å². The minimum absolute atomic E-state index is 0.0511. The lowest BCUT2D eigenvalue weighted by atomic mass is 9.67. The highest BCUT2D eigenvalue weighted by atomic mass is 19.1.